The first-order valence-electron chi connectivity index (χ1n) is 6.82. The van der Waals surface area contributed by atoms with Gasteiger partial charge in [0.25, 0.3) is 5.56 Å². The van der Waals surface area contributed by atoms with E-state index in [9.17, 15) is 10.1 Å². The van der Waals surface area contributed by atoms with E-state index in [0.717, 1.165) is 21.5 Å². The Balaban J connectivity index is 2.31. The highest BCUT2D eigenvalue weighted by molar-refractivity contribution is 7.13. The number of aromatic nitrogens is 2. The van der Waals surface area contributed by atoms with Gasteiger partial charge in [-0.1, -0.05) is 18.2 Å². The molecule has 1 aromatic carbocycles. The van der Waals surface area contributed by atoms with Crippen molar-refractivity contribution in [3.05, 3.63) is 63.3 Å². The van der Waals surface area contributed by atoms with Crippen molar-refractivity contribution in [3.8, 4) is 16.5 Å². The average Bonchev–Trinajstić information content (AvgIpc) is 3.15. The number of para-hydroxylation sites is 2. The van der Waals surface area contributed by atoms with Crippen LogP contribution in [-0.4, -0.2) is 9.38 Å². The van der Waals surface area contributed by atoms with Crippen LogP contribution in [0.15, 0.2) is 46.6 Å². The SMILES string of the molecule is Cc1c(-c2cccs2)c(=O)n2c([nH]c3ccccc32)c1C#N. The zero-order chi connectivity index (χ0) is 15.3. The Kier molecular flexibility index (Phi) is 2.68. The number of fused-ring (bicyclic) bond motifs is 3. The van der Waals surface area contributed by atoms with E-state index in [0.29, 0.717) is 16.8 Å². The van der Waals surface area contributed by atoms with Crippen LogP contribution in [0.2, 0.25) is 0 Å². The minimum atomic E-state index is -0.0913. The van der Waals surface area contributed by atoms with Gasteiger partial charge in [-0.15, -0.1) is 11.3 Å². The van der Waals surface area contributed by atoms with E-state index in [1.807, 2.05) is 48.7 Å². The molecule has 0 saturated carbocycles. The normalized spacial score (nSPS) is 11.1. The summed E-state index contributed by atoms with van der Waals surface area (Å²) < 4.78 is 1.61. The third-order valence-electron chi connectivity index (χ3n) is 3.90. The molecule has 3 heterocycles. The summed E-state index contributed by atoms with van der Waals surface area (Å²) in [6, 6.07) is 13.6. The fraction of sp³-hybridized carbons (Fsp3) is 0.0588. The molecule has 0 radical (unpaired) electrons. The fourth-order valence-electron chi connectivity index (χ4n) is 2.89. The number of aromatic amines is 1. The molecule has 106 valence electrons. The molecule has 1 N–H and O–H groups in total. The Labute approximate surface area is 129 Å². The number of hydrogen-bond acceptors (Lipinski definition) is 3. The number of nitrogens with zero attached hydrogens (tertiary/aromatic N) is 2. The number of nitriles is 1. The molecule has 0 aliphatic heterocycles. The van der Waals surface area contributed by atoms with Gasteiger partial charge in [-0.2, -0.15) is 5.26 Å². The van der Waals surface area contributed by atoms with Crippen LogP contribution in [0.25, 0.3) is 27.1 Å². The summed E-state index contributed by atoms with van der Waals surface area (Å²) in [4.78, 5) is 17.1. The first-order chi connectivity index (χ1) is 10.7. The predicted molar refractivity (Wildman–Crippen MR) is 88.3 cm³/mol. The van der Waals surface area contributed by atoms with Crippen LogP contribution in [0.5, 0.6) is 0 Å². The van der Waals surface area contributed by atoms with Crippen LogP contribution in [0.1, 0.15) is 11.1 Å². The minimum absolute atomic E-state index is 0.0913. The van der Waals surface area contributed by atoms with Gasteiger partial charge in [0.2, 0.25) is 0 Å². The summed E-state index contributed by atoms with van der Waals surface area (Å²) in [6.45, 7) is 1.83. The zero-order valence-electron chi connectivity index (χ0n) is 11.8. The Hall–Kier alpha value is -2.84. The number of benzene rings is 1. The number of imidazole rings is 1. The largest absolute Gasteiger partial charge is 0.338 e. The second kappa shape index (κ2) is 4.58. The molecule has 0 aliphatic carbocycles. The van der Waals surface area contributed by atoms with Gasteiger partial charge in [-0.25, -0.2) is 0 Å². The highest BCUT2D eigenvalue weighted by atomic mass is 32.1. The molecule has 22 heavy (non-hydrogen) atoms. The van der Waals surface area contributed by atoms with E-state index < -0.39 is 0 Å². The van der Waals surface area contributed by atoms with E-state index in [1.54, 1.807) is 4.40 Å². The molecule has 5 heteroatoms. The summed E-state index contributed by atoms with van der Waals surface area (Å²) in [7, 11) is 0. The van der Waals surface area contributed by atoms with Crippen molar-refractivity contribution < 1.29 is 0 Å². The van der Waals surface area contributed by atoms with Gasteiger partial charge in [0.15, 0.2) is 0 Å². The van der Waals surface area contributed by atoms with Crippen LogP contribution < -0.4 is 5.56 Å². The smallest absolute Gasteiger partial charge is 0.265 e. The maximum atomic E-state index is 13.0. The van der Waals surface area contributed by atoms with Crippen molar-refractivity contribution in [3.63, 3.8) is 0 Å². The second-order valence-electron chi connectivity index (χ2n) is 5.10. The molecule has 0 bridgehead atoms. The van der Waals surface area contributed by atoms with Gasteiger partial charge in [0, 0.05) is 4.88 Å². The Morgan fingerprint density at radius 3 is 2.77 bits per heavy atom. The van der Waals surface area contributed by atoms with E-state index in [-0.39, 0.29) is 5.56 Å². The lowest BCUT2D eigenvalue weighted by atomic mass is 10.0. The Bertz CT molecular complexity index is 1110. The van der Waals surface area contributed by atoms with Gasteiger partial charge < -0.3 is 4.98 Å². The van der Waals surface area contributed by atoms with Gasteiger partial charge >= 0.3 is 0 Å². The van der Waals surface area contributed by atoms with Crippen molar-refractivity contribution >= 4 is 28.0 Å². The van der Waals surface area contributed by atoms with Gasteiger partial charge in [0.05, 0.1) is 22.2 Å². The lowest BCUT2D eigenvalue weighted by Crippen LogP contribution is -2.17. The molecule has 4 aromatic rings. The molecule has 0 amide bonds. The van der Waals surface area contributed by atoms with E-state index in [4.69, 9.17) is 0 Å². The molecule has 0 aliphatic rings. The summed E-state index contributed by atoms with van der Waals surface area (Å²) in [5.41, 5.74) is 3.95. The van der Waals surface area contributed by atoms with E-state index >= 15 is 0 Å². The zero-order valence-corrected chi connectivity index (χ0v) is 12.6. The average molecular weight is 305 g/mol. The van der Waals surface area contributed by atoms with Crippen molar-refractivity contribution in [2.24, 2.45) is 0 Å². The quantitative estimate of drug-likeness (QED) is 0.583. The summed E-state index contributed by atoms with van der Waals surface area (Å²) in [6.07, 6.45) is 0. The van der Waals surface area contributed by atoms with Crippen LogP contribution in [0, 0.1) is 18.3 Å². The van der Waals surface area contributed by atoms with Crippen molar-refractivity contribution in [2.45, 2.75) is 6.92 Å². The fourth-order valence-corrected chi connectivity index (χ4v) is 3.71. The lowest BCUT2D eigenvalue weighted by molar-refractivity contribution is 1.13. The molecule has 4 rings (SSSR count). The van der Waals surface area contributed by atoms with E-state index in [2.05, 4.69) is 11.1 Å². The first-order valence-corrected chi connectivity index (χ1v) is 7.70. The first kappa shape index (κ1) is 12.9. The summed E-state index contributed by atoms with van der Waals surface area (Å²) in [5.74, 6) is 0. The van der Waals surface area contributed by atoms with Gasteiger partial charge in [-0.3, -0.25) is 9.20 Å². The molecule has 0 fully saturated rings. The Morgan fingerprint density at radius 1 is 1.23 bits per heavy atom. The molecule has 0 atom stereocenters. The number of rotatable bonds is 1. The number of hydrogen-bond donors (Lipinski definition) is 1. The summed E-state index contributed by atoms with van der Waals surface area (Å²) in [5, 5.41) is 11.5. The monoisotopic (exact) mass is 305 g/mol. The number of thiophene rings is 1. The number of H-pyrrole nitrogens is 1. The van der Waals surface area contributed by atoms with Crippen LogP contribution in [0.4, 0.5) is 0 Å². The highest BCUT2D eigenvalue weighted by Crippen LogP contribution is 2.29. The lowest BCUT2D eigenvalue weighted by Gasteiger charge is -2.07. The molecular weight excluding hydrogens is 294 g/mol. The maximum absolute atomic E-state index is 13.0. The standard InChI is InChI=1S/C17H11N3OS/c1-10-11(9-18)16-19-12-5-2-3-6-13(12)20(16)17(21)15(10)14-7-4-8-22-14/h2-8,19H,1H3. The maximum Gasteiger partial charge on any atom is 0.265 e. The topological polar surface area (TPSA) is 61.1 Å². The molecule has 4 nitrogen and oxygen atoms in total. The minimum Gasteiger partial charge on any atom is -0.338 e. The van der Waals surface area contributed by atoms with Gasteiger partial charge in [0.1, 0.15) is 11.7 Å². The van der Waals surface area contributed by atoms with Crippen molar-refractivity contribution in [2.75, 3.05) is 0 Å². The predicted octanol–water partition coefficient (Wildman–Crippen LogP) is 3.69. The molecular formula is C17H11N3OS. The third kappa shape index (κ3) is 1.59. The Morgan fingerprint density at radius 2 is 2.05 bits per heavy atom. The third-order valence-corrected chi connectivity index (χ3v) is 4.79. The number of pyridine rings is 1. The van der Waals surface area contributed by atoms with Gasteiger partial charge in [-0.05, 0) is 36.1 Å². The molecule has 0 saturated heterocycles. The molecule has 0 unspecified atom stereocenters. The van der Waals surface area contributed by atoms with Crippen molar-refractivity contribution in [1.29, 1.82) is 5.26 Å². The number of nitrogens with one attached hydrogen (secondary N) is 1. The van der Waals surface area contributed by atoms with Crippen LogP contribution in [-0.2, 0) is 0 Å². The summed E-state index contributed by atoms with van der Waals surface area (Å²) >= 11 is 1.51. The second-order valence-corrected chi connectivity index (χ2v) is 6.04. The van der Waals surface area contributed by atoms with Crippen molar-refractivity contribution in [1.82, 2.24) is 9.38 Å². The van der Waals surface area contributed by atoms with E-state index in [1.165, 1.54) is 11.3 Å². The van der Waals surface area contributed by atoms with Crippen LogP contribution in [0.3, 0.4) is 0 Å². The molecule has 3 aromatic heterocycles. The highest BCUT2D eigenvalue weighted by Gasteiger charge is 2.19. The molecule has 0 spiro atoms. The van der Waals surface area contributed by atoms with Crippen LogP contribution >= 0.6 is 11.3 Å².